The van der Waals surface area contributed by atoms with Gasteiger partial charge in [0.05, 0.1) is 5.54 Å². The maximum Gasteiger partial charge on any atom is 0.130 e. The van der Waals surface area contributed by atoms with E-state index >= 15 is 0 Å². The Bertz CT molecular complexity index is 536. The molecule has 1 N–H and O–H groups in total. The van der Waals surface area contributed by atoms with Crippen LogP contribution in [0.5, 0.6) is 0 Å². The van der Waals surface area contributed by atoms with Gasteiger partial charge in [-0.1, -0.05) is 30.3 Å². The molecule has 0 fully saturated rings. The Morgan fingerprint density at radius 3 is 2.42 bits per heavy atom. The smallest absolute Gasteiger partial charge is 0.130 e. The lowest BCUT2D eigenvalue weighted by atomic mass is 9.94. The van der Waals surface area contributed by atoms with Crippen LogP contribution in [0.1, 0.15) is 24.0 Å². The molecule has 0 aliphatic heterocycles. The van der Waals surface area contributed by atoms with E-state index in [4.69, 9.17) is 11.6 Å². The van der Waals surface area contributed by atoms with Gasteiger partial charge in [-0.3, -0.25) is 0 Å². The molecule has 0 radical (unpaired) electrons. The highest BCUT2D eigenvalue weighted by Gasteiger charge is 2.25. The predicted octanol–water partition coefficient (Wildman–Crippen LogP) is 3.66. The van der Waals surface area contributed by atoms with Crippen LogP contribution < -0.4 is 5.32 Å². The molecule has 2 aromatic rings. The zero-order valence-corrected chi connectivity index (χ0v) is 12.2. The van der Waals surface area contributed by atoms with Crippen molar-refractivity contribution >= 4 is 17.4 Å². The molecule has 0 aliphatic carbocycles. The number of nitrogens with zero attached hydrogens (tertiary/aromatic N) is 2. The monoisotopic (exact) mass is 275 g/mol. The Balaban J connectivity index is 2.33. The van der Waals surface area contributed by atoms with Gasteiger partial charge in [-0.2, -0.15) is 0 Å². The summed E-state index contributed by atoms with van der Waals surface area (Å²) in [6, 6.07) is 12.1. The normalized spacial score (nSPS) is 13.9. The van der Waals surface area contributed by atoms with E-state index in [1.54, 1.807) is 0 Å². The summed E-state index contributed by atoms with van der Waals surface area (Å²) >= 11 is 6.17. The average molecular weight is 276 g/mol. The topological polar surface area (TPSA) is 37.8 Å². The third-order valence-electron chi connectivity index (χ3n) is 3.05. The minimum atomic E-state index is -0.351. The number of alkyl halides is 1. The number of aryl methyl sites for hydroxylation is 2. The fourth-order valence-corrected chi connectivity index (χ4v) is 2.27. The van der Waals surface area contributed by atoms with Gasteiger partial charge in [0, 0.05) is 17.6 Å². The van der Waals surface area contributed by atoms with E-state index in [9.17, 15) is 0 Å². The molecule has 100 valence electrons. The van der Waals surface area contributed by atoms with Gasteiger partial charge in [0.25, 0.3) is 0 Å². The molecule has 3 nitrogen and oxygen atoms in total. The van der Waals surface area contributed by atoms with Gasteiger partial charge in [-0.15, -0.1) is 11.6 Å². The van der Waals surface area contributed by atoms with Crippen LogP contribution in [0.3, 0.4) is 0 Å². The largest absolute Gasteiger partial charge is 0.360 e. The van der Waals surface area contributed by atoms with E-state index in [0.717, 1.165) is 22.9 Å². The van der Waals surface area contributed by atoms with Crippen molar-refractivity contribution in [2.24, 2.45) is 0 Å². The minimum Gasteiger partial charge on any atom is -0.360 e. The van der Waals surface area contributed by atoms with Crippen molar-refractivity contribution in [1.82, 2.24) is 9.97 Å². The number of hydrogen-bond acceptors (Lipinski definition) is 3. The van der Waals surface area contributed by atoms with Gasteiger partial charge < -0.3 is 5.32 Å². The first-order chi connectivity index (χ1) is 9.03. The third-order valence-corrected chi connectivity index (χ3v) is 3.58. The summed E-state index contributed by atoms with van der Waals surface area (Å²) in [5.74, 6) is 2.02. The minimum absolute atomic E-state index is 0.351. The number of halogens is 1. The van der Waals surface area contributed by atoms with E-state index in [1.807, 2.05) is 38.1 Å². The number of aromatic nitrogens is 2. The van der Waals surface area contributed by atoms with Gasteiger partial charge in [-0.05, 0) is 26.3 Å². The second kappa shape index (κ2) is 5.57. The Kier molecular flexibility index (Phi) is 4.05. The Labute approximate surface area is 119 Å². The van der Waals surface area contributed by atoms with Crippen molar-refractivity contribution in [3.8, 4) is 0 Å². The molecule has 0 spiro atoms. The number of hydrogen-bond donors (Lipinski definition) is 1. The zero-order valence-electron chi connectivity index (χ0n) is 11.4. The second-order valence-electron chi connectivity index (χ2n) is 4.90. The first kappa shape index (κ1) is 13.8. The summed E-state index contributed by atoms with van der Waals surface area (Å²) in [7, 11) is 0. The van der Waals surface area contributed by atoms with E-state index in [1.165, 1.54) is 0 Å². The first-order valence-electron chi connectivity index (χ1n) is 6.25. The van der Waals surface area contributed by atoms with Crippen molar-refractivity contribution in [1.29, 1.82) is 0 Å². The Hall–Kier alpha value is -1.61. The van der Waals surface area contributed by atoms with Gasteiger partial charge in [0.15, 0.2) is 0 Å². The second-order valence-corrected chi connectivity index (χ2v) is 5.17. The molecule has 0 saturated carbocycles. The lowest BCUT2D eigenvalue weighted by molar-refractivity contribution is 0.612. The zero-order chi connectivity index (χ0) is 13.9. The summed E-state index contributed by atoms with van der Waals surface area (Å²) in [6.45, 7) is 5.92. The quantitative estimate of drug-likeness (QED) is 0.866. The molecule has 1 unspecified atom stereocenters. The van der Waals surface area contributed by atoms with Crippen molar-refractivity contribution in [3.63, 3.8) is 0 Å². The van der Waals surface area contributed by atoms with Crippen molar-refractivity contribution in [2.45, 2.75) is 26.3 Å². The van der Waals surface area contributed by atoms with Crippen LogP contribution in [0, 0.1) is 13.8 Å². The van der Waals surface area contributed by atoms with E-state index < -0.39 is 0 Å². The van der Waals surface area contributed by atoms with Gasteiger partial charge in [0.2, 0.25) is 0 Å². The molecule has 0 aliphatic rings. The molecule has 0 bridgehead atoms. The molecule has 0 saturated heterocycles. The maximum absolute atomic E-state index is 6.17. The molecule has 1 aromatic heterocycles. The van der Waals surface area contributed by atoms with Crippen LogP contribution in [0.25, 0.3) is 0 Å². The summed E-state index contributed by atoms with van der Waals surface area (Å²) < 4.78 is 0. The lowest BCUT2D eigenvalue weighted by Crippen LogP contribution is -2.34. The number of nitrogens with one attached hydrogen (secondary N) is 1. The Morgan fingerprint density at radius 2 is 1.84 bits per heavy atom. The fourth-order valence-electron chi connectivity index (χ4n) is 2.05. The predicted molar refractivity (Wildman–Crippen MR) is 79.6 cm³/mol. The summed E-state index contributed by atoms with van der Waals surface area (Å²) in [6.07, 6.45) is 0. The highest BCUT2D eigenvalue weighted by Crippen LogP contribution is 2.26. The highest BCUT2D eigenvalue weighted by molar-refractivity contribution is 6.18. The first-order valence-corrected chi connectivity index (χ1v) is 6.79. The summed E-state index contributed by atoms with van der Waals surface area (Å²) in [4.78, 5) is 8.69. The van der Waals surface area contributed by atoms with Crippen LogP contribution in [0.15, 0.2) is 36.4 Å². The summed E-state index contributed by atoms with van der Waals surface area (Å²) in [5, 5.41) is 3.42. The average Bonchev–Trinajstić information content (AvgIpc) is 2.38. The highest BCUT2D eigenvalue weighted by atomic mass is 35.5. The van der Waals surface area contributed by atoms with E-state index in [2.05, 4.69) is 34.3 Å². The van der Waals surface area contributed by atoms with Crippen LogP contribution in [-0.4, -0.2) is 15.8 Å². The van der Waals surface area contributed by atoms with Gasteiger partial charge in [0.1, 0.15) is 11.6 Å². The van der Waals surface area contributed by atoms with Gasteiger partial charge in [-0.25, -0.2) is 9.97 Å². The number of benzene rings is 1. The van der Waals surface area contributed by atoms with Crippen molar-refractivity contribution in [2.75, 3.05) is 11.2 Å². The Morgan fingerprint density at radius 1 is 1.16 bits per heavy atom. The van der Waals surface area contributed by atoms with Crippen LogP contribution >= 0.6 is 11.6 Å². The molecule has 1 heterocycles. The molecular formula is C15H18ClN3. The molecule has 4 heteroatoms. The standard InChI is InChI=1S/C15H18ClN3/c1-11-9-14(18-12(2)17-11)19-15(3,10-16)13-7-5-4-6-8-13/h4-9H,10H2,1-3H3,(H,17,18,19). The van der Waals surface area contributed by atoms with Crippen LogP contribution in [-0.2, 0) is 5.54 Å². The SMILES string of the molecule is Cc1cc(NC(C)(CCl)c2ccccc2)nc(C)n1. The number of rotatable bonds is 4. The molecular weight excluding hydrogens is 258 g/mol. The molecule has 1 atom stereocenters. The van der Waals surface area contributed by atoms with Crippen molar-refractivity contribution in [3.05, 3.63) is 53.5 Å². The lowest BCUT2D eigenvalue weighted by Gasteiger charge is -2.30. The molecule has 19 heavy (non-hydrogen) atoms. The van der Waals surface area contributed by atoms with Gasteiger partial charge >= 0.3 is 0 Å². The molecule has 1 aromatic carbocycles. The molecule has 0 amide bonds. The molecule has 2 rings (SSSR count). The van der Waals surface area contributed by atoms with Crippen LogP contribution in [0.2, 0.25) is 0 Å². The van der Waals surface area contributed by atoms with E-state index in [0.29, 0.717) is 5.88 Å². The van der Waals surface area contributed by atoms with Crippen molar-refractivity contribution < 1.29 is 0 Å². The fraction of sp³-hybridized carbons (Fsp3) is 0.333. The number of anilines is 1. The third kappa shape index (κ3) is 3.24. The maximum atomic E-state index is 6.17. The van der Waals surface area contributed by atoms with Crippen LogP contribution in [0.4, 0.5) is 5.82 Å². The summed E-state index contributed by atoms with van der Waals surface area (Å²) in [5.41, 5.74) is 1.73. The van der Waals surface area contributed by atoms with E-state index in [-0.39, 0.29) is 5.54 Å².